The van der Waals surface area contributed by atoms with Gasteiger partial charge >= 0.3 is 0 Å². The van der Waals surface area contributed by atoms with Gasteiger partial charge in [-0.05, 0) is 23.1 Å². The Balaban J connectivity index is 2.30. The first kappa shape index (κ1) is 9.73. The average molecular weight is 203 g/mol. The number of aromatic amines is 1. The van der Waals surface area contributed by atoms with Crippen molar-refractivity contribution in [2.75, 3.05) is 0 Å². The van der Waals surface area contributed by atoms with E-state index in [4.69, 9.17) is 11.5 Å². The normalized spacial score (nSPS) is 12.9. The molecule has 15 heavy (non-hydrogen) atoms. The number of carbonyl (C=O) groups is 1. The minimum absolute atomic E-state index is 0.173. The molecule has 0 fully saturated rings. The van der Waals surface area contributed by atoms with Gasteiger partial charge in [-0.15, -0.1) is 0 Å². The Morgan fingerprint density at radius 2 is 2.20 bits per heavy atom. The maximum absolute atomic E-state index is 10.7. The van der Waals surface area contributed by atoms with Gasteiger partial charge in [-0.2, -0.15) is 0 Å². The topological polar surface area (TPSA) is 84.9 Å². The van der Waals surface area contributed by atoms with Crippen LogP contribution in [0.3, 0.4) is 0 Å². The standard InChI is InChI=1S/C11H13N3O/c12-9(6-11(13)15)8-2-1-7-3-4-14-10(7)5-8/h1-5,9,14H,6,12H2,(H2,13,15). The Labute approximate surface area is 87.3 Å². The van der Waals surface area contributed by atoms with Crippen LogP contribution in [0.4, 0.5) is 0 Å². The van der Waals surface area contributed by atoms with Gasteiger partial charge in [-0.3, -0.25) is 4.79 Å². The molecule has 1 heterocycles. The summed E-state index contributed by atoms with van der Waals surface area (Å²) in [6.45, 7) is 0. The lowest BCUT2D eigenvalue weighted by atomic mass is 10.0. The number of amides is 1. The molecule has 0 saturated carbocycles. The third-order valence-corrected chi connectivity index (χ3v) is 2.43. The number of aromatic nitrogens is 1. The fraction of sp³-hybridized carbons (Fsp3) is 0.182. The molecule has 5 N–H and O–H groups in total. The van der Waals surface area contributed by atoms with Gasteiger partial charge in [0.25, 0.3) is 0 Å². The van der Waals surface area contributed by atoms with Crippen LogP contribution < -0.4 is 11.5 Å². The van der Waals surface area contributed by atoms with E-state index in [-0.39, 0.29) is 18.4 Å². The second-order valence-electron chi connectivity index (χ2n) is 3.60. The minimum Gasteiger partial charge on any atom is -0.370 e. The van der Waals surface area contributed by atoms with E-state index in [0.29, 0.717) is 0 Å². The van der Waals surface area contributed by atoms with Gasteiger partial charge < -0.3 is 16.5 Å². The lowest BCUT2D eigenvalue weighted by Crippen LogP contribution is -2.20. The van der Waals surface area contributed by atoms with Crippen molar-refractivity contribution in [1.29, 1.82) is 0 Å². The first-order valence-electron chi connectivity index (χ1n) is 4.78. The Morgan fingerprint density at radius 1 is 1.40 bits per heavy atom. The number of carbonyl (C=O) groups excluding carboxylic acids is 1. The molecule has 0 spiro atoms. The maximum Gasteiger partial charge on any atom is 0.219 e. The number of nitrogens with one attached hydrogen (secondary N) is 1. The number of H-pyrrole nitrogens is 1. The van der Waals surface area contributed by atoms with Crippen molar-refractivity contribution < 1.29 is 4.79 Å². The first-order valence-corrected chi connectivity index (χ1v) is 4.78. The van der Waals surface area contributed by atoms with Crippen molar-refractivity contribution in [3.8, 4) is 0 Å². The Morgan fingerprint density at radius 3 is 2.93 bits per heavy atom. The summed E-state index contributed by atoms with van der Waals surface area (Å²) in [6.07, 6.45) is 2.04. The zero-order chi connectivity index (χ0) is 10.8. The zero-order valence-corrected chi connectivity index (χ0v) is 8.23. The number of hydrogen-bond donors (Lipinski definition) is 3. The molecule has 0 aliphatic carbocycles. The maximum atomic E-state index is 10.7. The summed E-state index contributed by atoms with van der Waals surface area (Å²) in [5.41, 5.74) is 12.9. The monoisotopic (exact) mass is 203 g/mol. The summed E-state index contributed by atoms with van der Waals surface area (Å²) in [4.78, 5) is 13.8. The summed E-state index contributed by atoms with van der Waals surface area (Å²) in [7, 11) is 0. The first-order chi connectivity index (χ1) is 7.16. The van der Waals surface area contributed by atoms with Gasteiger partial charge in [0.15, 0.2) is 0 Å². The van der Waals surface area contributed by atoms with Crippen molar-refractivity contribution in [2.24, 2.45) is 11.5 Å². The fourth-order valence-corrected chi connectivity index (χ4v) is 1.63. The molecule has 1 aromatic heterocycles. The number of nitrogens with two attached hydrogens (primary N) is 2. The molecule has 0 radical (unpaired) electrons. The Bertz CT molecular complexity index is 489. The number of rotatable bonds is 3. The van der Waals surface area contributed by atoms with E-state index in [9.17, 15) is 4.79 Å². The molecule has 0 bridgehead atoms. The highest BCUT2D eigenvalue weighted by atomic mass is 16.1. The molecule has 1 unspecified atom stereocenters. The number of benzene rings is 1. The van der Waals surface area contributed by atoms with E-state index in [1.165, 1.54) is 0 Å². The van der Waals surface area contributed by atoms with Gasteiger partial charge in [0.2, 0.25) is 5.91 Å². The lowest BCUT2D eigenvalue weighted by molar-refractivity contribution is -0.118. The third kappa shape index (κ3) is 1.99. The summed E-state index contributed by atoms with van der Waals surface area (Å²) >= 11 is 0. The Hall–Kier alpha value is -1.81. The van der Waals surface area contributed by atoms with E-state index in [1.807, 2.05) is 30.5 Å². The quantitative estimate of drug-likeness (QED) is 0.696. The largest absolute Gasteiger partial charge is 0.370 e. The van der Waals surface area contributed by atoms with Crippen molar-refractivity contribution in [3.05, 3.63) is 36.0 Å². The van der Waals surface area contributed by atoms with Crippen LogP contribution in [0.1, 0.15) is 18.0 Å². The van der Waals surface area contributed by atoms with E-state index in [2.05, 4.69) is 4.98 Å². The summed E-state index contributed by atoms with van der Waals surface area (Å²) in [5.74, 6) is -0.380. The van der Waals surface area contributed by atoms with E-state index >= 15 is 0 Å². The smallest absolute Gasteiger partial charge is 0.219 e. The van der Waals surface area contributed by atoms with Crippen LogP contribution in [0.2, 0.25) is 0 Å². The molecule has 4 heteroatoms. The highest BCUT2D eigenvalue weighted by molar-refractivity contribution is 5.80. The predicted octanol–water partition coefficient (Wildman–Crippen LogP) is 1.04. The fourth-order valence-electron chi connectivity index (χ4n) is 1.63. The van der Waals surface area contributed by atoms with Crippen LogP contribution in [-0.4, -0.2) is 10.9 Å². The second kappa shape index (κ2) is 3.74. The van der Waals surface area contributed by atoms with E-state index in [1.54, 1.807) is 0 Å². The zero-order valence-electron chi connectivity index (χ0n) is 8.23. The predicted molar refractivity (Wildman–Crippen MR) is 59.0 cm³/mol. The lowest BCUT2D eigenvalue weighted by Gasteiger charge is -2.09. The van der Waals surface area contributed by atoms with Crippen molar-refractivity contribution >= 4 is 16.8 Å². The summed E-state index contributed by atoms with van der Waals surface area (Å²) < 4.78 is 0. The summed E-state index contributed by atoms with van der Waals surface area (Å²) in [5, 5.41) is 1.13. The second-order valence-corrected chi connectivity index (χ2v) is 3.60. The third-order valence-electron chi connectivity index (χ3n) is 2.43. The molecule has 2 aromatic rings. The summed E-state index contributed by atoms with van der Waals surface area (Å²) in [6, 6.07) is 7.50. The molecule has 4 nitrogen and oxygen atoms in total. The molecular weight excluding hydrogens is 190 g/mol. The van der Waals surface area contributed by atoms with Crippen LogP contribution in [0.25, 0.3) is 10.9 Å². The molecular formula is C11H13N3O. The minimum atomic E-state index is -0.380. The molecule has 0 saturated heterocycles. The van der Waals surface area contributed by atoms with Gasteiger partial charge in [-0.1, -0.05) is 12.1 Å². The van der Waals surface area contributed by atoms with Gasteiger partial charge in [0, 0.05) is 24.2 Å². The van der Waals surface area contributed by atoms with Crippen LogP contribution in [0.15, 0.2) is 30.5 Å². The molecule has 2 rings (SSSR count). The molecule has 0 aliphatic rings. The van der Waals surface area contributed by atoms with Gasteiger partial charge in [-0.25, -0.2) is 0 Å². The van der Waals surface area contributed by atoms with Crippen molar-refractivity contribution in [3.63, 3.8) is 0 Å². The van der Waals surface area contributed by atoms with Gasteiger partial charge in [0.1, 0.15) is 0 Å². The number of hydrogen-bond acceptors (Lipinski definition) is 2. The molecule has 78 valence electrons. The number of fused-ring (bicyclic) bond motifs is 1. The van der Waals surface area contributed by atoms with Crippen LogP contribution in [0.5, 0.6) is 0 Å². The van der Waals surface area contributed by atoms with Crippen LogP contribution in [0, 0.1) is 0 Å². The van der Waals surface area contributed by atoms with Crippen molar-refractivity contribution in [2.45, 2.75) is 12.5 Å². The Kier molecular flexibility index (Phi) is 2.43. The molecule has 0 aliphatic heterocycles. The molecule has 1 atom stereocenters. The van der Waals surface area contributed by atoms with E-state index in [0.717, 1.165) is 16.5 Å². The number of primary amides is 1. The van der Waals surface area contributed by atoms with Crippen LogP contribution in [-0.2, 0) is 4.79 Å². The molecule has 1 aromatic carbocycles. The SMILES string of the molecule is NC(=O)CC(N)c1ccc2cc[nH]c2c1. The average Bonchev–Trinajstić information content (AvgIpc) is 2.62. The highest BCUT2D eigenvalue weighted by Crippen LogP contribution is 2.19. The van der Waals surface area contributed by atoms with Crippen molar-refractivity contribution in [1.82, 2.24) is 4.98 Å². The molecule has 1 amide bonds. The van der Waals surface area contributed by atoms with E-state index < -0.39 is 0 Å². The highest BCUT2D eigenvalue weighted by Gasteiger charge is 2.09. The van der Waals surface area contributed by atoms with Gasteiger partial charge in [0.05, 0.1) is 0 Å². The van der Waals surface area contributed by atoms with Crippen LogP contribution >= 0.6 is 0 Å².